The number of hydrogen-bond donors (Lipinski definition) is 2. The molecule has 2 N–H and O–H groups in total. The van der Waals surface area contributed by atoms with Crippen LogP contribution in [0.25, 0.3) is 5.82 Å². The molecule has 1 unspecified atom stereocenters. The van der Waals surface area contributed by atoms with Crippen molar-refractivity contribution in [3.05, 3.63) is 78.0 Å². The summed E-state index contributed by atoms with van der Waals surface area (Å²) >= 11 is 0. The van der Waals surface area contributed by atoms with Crippen molar-refractivity contribution >= 4 is 5.96 Å². The van der Waals surface area contributed by atoms with Crippen LogP contribution in [0.3, 0.4) is 0 Å². The lowest BCUT2D eigenvalue weighted by Gasteiger charge is -2.35. The fourth-order valence-corrected chi connectivity index (χ4v) is 3.73. The van der Waals surface area contributed by atoms with Crippen LogP contribution in [0.4, 0.5) is 4.39 Å². The number of aromatic nitrogens is 3. The Hall–Kier alpha value is -3.30. The van der Waals surface area contributed by atoms with E-state index in [0.29, 0.717) is 32.3 Å². The summed E-state index contributed by atoms with van der Waals surface area (Å²) in [5.74, 6) is 1.23. The standard InChI is InChI=1S/C23H28FN7O/c1-25-23(27-16-18-7-9-26-22(15-18)31-10-2-8-29-31)28-17-21(30-11-13-32-14-12-30)19-3-5-20(24)6-4-19/h2-10,15,21H,11-14,16-17H2,1H3,(H2,25,27,28). The lowest BCUT2D eigenvalue weighted by molar-refractivity contribution is 0.0170. The van der Waals surface area contributed by atoms with E-state index in [2.05, 4.69) is 30.6 Å². The van der Waals surface area contributed by atoms with E-state index in [-0.39, 0.29) is 11.9 Å². The zero-order chi connectivity index (χ0) is 22.2. The summed E-state index contributed by atoms with van der Waals surface area (Å²) in [4.78, 5) is 11.1. The molecule has 9 heteroatoms. The summed E-state index contributed by atoms with van der Waals surface area (Å²) in [6.07, 6.45) is 5.36. The first-order valence-electron chi connectivity index (χ1n) is 10.7. The topological polar surface area (TPSA) is 79.6 Å². The van der Waals surface area contributed by atoms with Crippen LogP contribution >= 0.6 is 0 Å². The van der Waals surface area contributed by atoms with Gasteiger partial charge in [-0.05, 0) is 41.5 Å². The second kappa shape index (κ2) is 10.8. The van der Waals surface area contributed by atoms with Gasteiger partial charge in [0.1, 0.15) is 5.82 Å². The minimum absolute atomic E-state index is 0.0883. The van der Waals surface area contributed by atoms with Gasteiger partial charge in [0.05, 0.1) is 19.3 Å². The SMILES string of the molecule is CN=C(NCc1ccnc(-n2cccn2)c1)NCC(c1ccc(F)cc1)N1CCOCC1. The summed E-state index contributed by atoms with van der Waals surface area (Å²) < 4.78 is 20.7. The summed E-state index contributed by atoms with van der Waals surface area (Å²) in [6, 6.07) is 12.6. The lowest BCUT2D eigenvalue weighted by Crippen LogP contribution is -2.46. The zero-order valence-corrected chi connectivity index (χ0v) is 18.1. The number of halogens is 1. The van der Waals surface area contributed by atoms with Gasteiger partial charge in [-0.2, -0.15) is 5.10 Å². The van der Waals surface area contributed by atoms with Crippen molar-refractivity contribution < 1.29 is 9.13 Å². The molecule has 32 heavy (non-hydrogen) atoms. The fourth-order valence-electron chi connectivity index (χ4n) is 3.73. The molecule has 1 fully saturated rings. The van der Waals surface area contributed by atoms with Crippen LogP contribution in [0.5, 0.6) is 0 Å². The highest BCUT2D eigenvalue weighted by Crippen LogP contribution is 2.21. The largest absolute Gasteiger partial charge is 0.379 e. The molecule has 1 atom stereocenters. The molecule has 2 aromatic heterocycles. The number of benzene rings is 1. The summed E-state index contributed by atoms with van der Waals surface area (Å²) in [5.41, 5.74) is 2.13. The highest BCUT2D eigenvalue weighted by molar-refractivity contribution is 5.79. The van der Waals surface area contributed by atoms with Crippen LogP contribution in [0.1, 0.15) is 17.2 Å². The van der Waals surface area contributed by atoms with Crippen LogP contribution in [0.2, 0.25) is 0 Å². The first-order chi connectivity index (χ1) is 15.7. The molecular formula is C23H28FN7O. The Morgan fingerprint density at radius 1 is 1.16 bits per heavy atom. The van der Waals surface area contributed by atoms with E-state index in [1.165, 1.54) is 12.1 Å². The van der Waals surface area contributed by atoms with Crippen molar-refractivity contribution in [1.82, 2.24) is 30.3 Å². The van der Waals surface area contributed by atoms with Crippen LogP contribution < -0.4 is 10.6 Å². The highest BCUT2D eigenvalue weighted by Gasteiger charge is 2.23. The third kappa shape index (κ3) is 5.68. The highest BCUT2D eigenvalue weighted by atomic mass is 19.1. The number of guanidine groups is 1. The fraction of sp³-hybridized carbons (Fsp3) is 0.348. The Kier molecular flexibility index (Phi) is 7.42. The lowest BCUT2D eigenvalue weighted by atomic mass is 10.0. The van der Waals surface area contributed by atoms with Crippen molar-refractivity contribution in [3.63, 3.8) is 0 Å². The van der Waals surface area contributed by atoms with E-state index in [1.54, 1.807) is 24.1 Å². The van der Waals surface area contributed by atoms with Gasteiger partial charge >= 0.3 is 0 Å². The van der Waals surface area contributed by atoms with Crippen LogP contribution in [0.15, 0.2) is 66.0 Å². The summed E-state index contributed by atoms with van der Waals surface area (Å²) in [7, 11) is 1.75. The van der Waals surface area contributed by atoms with E-state index in [1.807, 2.05) is 36.5 Å². The molecule has 0 aliphatic carbocycles. The second-order valence-electron chi connectivity index (χ2n) is 7.50. The number of nitrogens with one attached hydrogen (secondary N) is 2. The van der Waals surface area contributed by atoms with Crippen LogP contribution in [0, 0.1) is 5.82 Å². The number of morpholine rings is 1. The van der Waals surface area contributed by atoms with Gasteiger partial charge in [-0.3, -0.25) is 9.89 Å². The molecule has 1 aliphatic rings. The van der Waals surface area contributed by atoms with Crippen molar-refractivity contribution in [1.29, 1.82) is 0 Å². The Balaban J connectivity index is 1.38. The molecule has 4 rings (SSSR count). The van der Waals surface area contributed by atoms with E-state index < -0.39 is 0 Å². The van der Waals surface area contributed by atoms with Gasteiger partial charge in [0.15, 0.2) is 11.8 Å². The molecule has 1 aliphatic heterocycles. The second-order valence-corrected chi connectivity index (χ2v) is 7.50. The van der Waals surface area contributed by atoms with Crippen molar-refractivity contribution in [2.75, 3.05) is 39.9 Å². The molecular weight excluding hydrogens is 409 g/mol. The van der Waals surface area contributed by atoms with E-state index in [4.69, 9.17) is 4.74 Å². The Bertz CT molecular complexity index is 1000. The number of aliphatic imine (C=N–C) groups is 1. The van der Waals surface area contributed by atoms with Gasteiger partial charge in [0.2, 0.25) is 0 Å². The molecule has 168 valence electrons. The summed E-state index contributed by atoms with van der Waals surface area (Å²) in [5, 5.41) is 11.0. The first kappa shape index (κ1) is 21.9. The van der Waals surface area contributed by atoms with Gasteiger partial charge in [-0.25, -0.2) is 14.1 Å². The minimum atomic E-state index is -0.230. The van der Waals surface area contributed by atoms with Gasteiger partial charge in [-0.1, -0.05) is 12.1 Å². The molecule has 8 nitrogen and oxygen atoms in total. The van der Waals surface area contributed by atoms with Crippen molar-refractivity contribution in [3.8, 4) is 5.82 Å². The number of hydrogen-bond acceptors (Lipinski definition) is 5. The smallest absolute Gasteiger partial charge is 0.191 e. The molecule has 0 bridgehead atoms. The van der Waals surface area contributed by atoms with Crippen molar-refractivity contribution in [2.45, 2.75) is 12.6 Å². The zero-order valence-electron chi connectivity index (χ0n) is 18.1. The summed E-state index contributed by atoms with van der Waals surface area (Å²) in [6.45, 7) is 4.30. The molecule has 1 aromatic carbocycles. The average Bonchev–Trinajstić information content (AvgIpc) is 3.38. The predicted molar refractivity (Wildman–Crippen MR) is 121 cm³/mol. The average molecular weight is 438 g/mol. The van der Waals surface area contributed by atoms with E-state index in [9.17, 15) is 4.39 Å². The van der Waals surface area contributed by atoms with Crippen molar-refractivity contribution in [2.24, 2.45) is 4.99 Å². The normalized spacial score (nSPS) is 16.0. The first-order valence-corrected chi connectivity index (χ1v) is 10.7. The van der Waals surface area contributed by atoms with E-state index in [0.717, 1.165) is 30.0 Å². The maximum Gasteiger partial charge on any atom is 0.191 e. The Morgan fingerprint density at radius 3 is 2.69 bits per heavy atom. The molecule has 0 spiro atoms. The molecule has 3 aromatic rings. The van der Waals surface area contributed by atoms with Gasteiger partial charge < -0.3 is 15.4 Å². The quantitative estimate of drug-likeness (QED) is 0.436. The van der Waals surface area contributed by atoms with Crippen LogP contribution in [-0.4, -0.2) is 65.5 Å². The van der Waals surface area contributed by atoms with Gasteiger partial charge in [-0.15, -0.1) is 0 Å². The Labute approximate surface area is 187 Å². The maximum atomic E-state index is 13.5. The third-order valence-electron chi connectivity index (χ3n) is 5.44. The molecule has 0 radical (unpaired) electrons. The predicted octanol–water partition coefficient (Wildman–Crippen LogP) is 2.14. The molecule has 3 heterocycles. The number of nitrogens with zero attached hydrogens (tertiary/aromatic N) is 5. The van der Waals surface area contributed by atoms with Gasteiger partial charge in [0, 0.05) is 51.8 Å². The number of pyridine rings is 1. The van der Waals surface area contributed by atoms with Crippen LogP contribution in [-0.2, 0) is 11.3 Å². The molecule has 0 amide bonds. The molecule has 0 saturated carbocycles. The Morgan fingerprint density at radius 2 is 1.97 bits per heavy atom. The third-order valence-corrected chi connectivity index (χ3v) is 5.44. The maximum absolute atomic E-state index is 13.5. The monoisotopic (exact) mass is 437 g/mol. The number of ether oxygens (including phenoxy) is 1. The molecule has 1 saturated heterocycles. The minimum Gasteiger partial charge on any atom is -0.379 e. The van der Waals surface area contributed by atoms with E-state index >= 15 is 0 Å². The number of rotatable bonds is 7. The van der Waals surface area contributed by atoms with Gasteiger partial charge in [0.25, 0.3) is 0 Å².